The quantitative estimate of drug-likeness (QED) is 0.862. The zero-order valence-corrected chi connectivity index (χ0v) is 14.6. The molecule has 0 spiro atoms. The SMILES string of the molecule is CN(C)CC1CCN(C2(CN)CSCCC2(C)C)CC1. The summed E-state index contributed by atoms with van der Waals surface area (Å²) >= 11 is 2.10. The standard InChI is InChI=1S/C16H33N3S/c1-15(2)7-10-20-13-16(15,12-17)19-8-5-14(6-9-19)11-18(3)4/h14H,5-13,17H2,1-4H3. The van der Waals surface area contributed by atoms with Crippen LogP contribution in [0.2, 0.25) is 0 Å². The van der Waals surface area contributed by atoms with Crippen LogP contribution in [0.25, 0.3) is 0 Å². The average Bonchev–Trinajstić information content (AvgIpc) is 2.39. The lowest BCUT2D eigenvalue weighted by molar-refractivity contribution is -0.0213. The van der Waals surface area contributed by atoms with Crippen LogP contribution >= 0.6 is 11.8 Å². The zero-order chi connectivity index (χ0) is 14.8. The summed E-state index contributed by atoms with van der Waals surface area (Å²) < 4.78 is 0. The molecule has 1 atom stereocenters. The molecule has 2 aliphatic heterocycles. The molecule has 2 N–H and O–H groups in total. The van der Waals surface area contributed by atoms with Crippen molar-refractivity contribution in [1.29, 1.82) is 0 Å². The highest BCUT2D eigenvalue weighted by Gasteiger charge is 2.50. The Morgan fingerprint density at radius 3 is 2.40 bits per heavy atom. The topological polar surface area (TPSA) is 32.5 Å². The van der Waals surface area contributed by atoms with Crippen LogP contribution in [0.4, 0.5) is 0 Å². The molecule has 0 aromatic heterocycles. The molecule has 118 valence electrons. The second-order valence-corrected chi connectivity index (χ2v) is 8.72. The van der Waals surface area contributed by atoms with Gasteiger partial charge in [0.15, 0.2) is 0 Å². The van der Waals surface area contributed by atoms with Gasteiger partial charge in [-0.3, -0.25) is 4.90 Å². The van der Waals surface area contributed by atoms with E-state index in [0.717, 1.165) is 12.5 Å². The van der Waals surface area contributed by atoms with E-state index in [2.05, 4.69) is 49.5 Å². The molecule has 0 radical (unpaired) electrons. The summed E-state index contributed by atoms with van der Waals surface area (Å²) in [7, 11) is 4.38. The summed E-state index contributed by atoms with van der Waals surface area (Å²) in [6.07, 6.45) is 3.97. The normalized spacial score (nSPS) is 32.7. The van der Waals surface area contributed by atoms with Gasteiger partial charge in [-0.2, -0.15) is 11.8 Å². The van der Waals surface area contributed by atoms with Crippen LogP contribution in [0.15, 0.2) is 0 Å². The molecule has 2 fully saturated rings. The number of nitrogens with zero attached hydrogens (tertiary/aromatic N) is 2. The predicted molar refractivity (Wildman–Crippen MR) is 90.4 cm³/mol. The Morgan fingerprint density at radius 2 is 1.90 bits per heavy atom. The molecule has 0 aromatic carbocycles. The van der Waals surface area contributed by atoms with E-state index in [0.29, 0.717) is 5.41 Å². The molecule has 3 nitrogen and oxygen atoms in total. The van der Waals surface area contributed by atoms with Crippen molar-refractivity contribution in [3.8, 4) is 0 Å². The van der Waals surface area contributed by atoms with Crippen LogP contribution in [0.1, 0.15) is 33.1 Å². The molecule has 0 aliphatic carbocycles. The van der Waals surface area contributed by atoms with E-state index in [9.17, 15) is 0 Å². The van der Waals surface area contributed by atoms with Crippen LogP contribution in [0, 0.1) is 11.3 Å². The third kappa shape index (κ3) is 3.18. The number of thioether (sulfide) groups is 1. The van der Waals surface area contributed by atoms with Gasteiger partial charge in [0.2, 0.25) is 0 Å². The summed E-state index contributed by atoms with van der Waals surface area (Å²) in [5, 5.41) is 0. The Hall–Kier alpha value is 0.230. The Labute approximate surface area is 129 Å². The molecule has 2 rings (SSSR count). The molecule has 4 heteroatoms. The van der Waals surface area contributed by atoms with E-state index >= 15 is 0 Å². The summed E-state index contributed by atoms with van der Waals surface area (Å²) in [4.78, 5) is 5.07. The van der Waals surface area contributed by atoms with Gasteiger partial charge >= 0.3 is 0 Å². The lowest BCUT2D eigenvalue weighted by Crippen LogP contribution is -2.67. The van der Waals surface area contributed by atoms with Gasteiger partial charge in [-0.15, -0.1) is 0 Å². The second-order valence-electron chi connectivity index (χ2n) is 7.61. The van der Waals surface area contributed by atoms with E-state index in [-0.39, 0.29) is 5.54 Å². The first-order valence-electron chi connectivity index (χ1n) is 8.09. The van der Waals surface area contributed by atoms with Crippen molar-refractivity contribution in [2.75, 3.05) is 51.8 Å². The molecule has 0 amide bonds. The minimum absolute atomic E-state index is 0.221. The summed E-state index contributed by atoms with van der Waals surface area (Å²) in [5.41, 5.74) is 6.87. The van der Waals surface area contributed by atoms with Crippen LogP contribution in [0.3, 0.4) is 0 Å². The number of hydrogen-bond donors (Lipinski definition) is 1. The van der Waals surface area contributed by atoms with Gasteiger partial charge in [-0.25, -0.2) is 0 Å². The van der Waals surface area contributed by atoms with Gasteiger partial charge in [0.1, 0.15) is 0 Å². The average molecular weight is 300 g/mol. The predicted octanol–water partition coefficient (Wildman–Crippen LogP) is 2.12. The van der Waals surface area contributed by atoms with Gasteiger partial charge in [0.05, 0.1) is 0 Å². The van der Waals surface area contributed by atoms with Crippen molar-refractivity contribution < 1.29 is 0 Å². The fourth-order valence-corrected chi connectivity index (χ4v) is 5.87. The van der Waals surface area contributed by atoms with Gasteiger partial charge < -0.3 is 10.6 Å². The number of piperidine rings is 1. The Bertz CT molecular complexity index is 311. The molecule has 0 bridgehead atoms. The van der Waals surface area contributed by atoms with Gasteiger partial charge in [0, 0.05) is 24.4 Å². The van der Waals surface area contributed by atoms with Crippen molar-refractivity contribution in [3.05, 3.63) is 0 Å². The van der Waals surface area contributed by atoms with Crippen LogP contribution in [-0.2, 0) is 0 Å². The highest BCUT2D eigenvalue weighted by atomic mass is 32.2. The molecule has 0 saturated carbocycles. The monoisotopic (exact) mass is 299 g/mol. The van der Waals surface area contributed by atoms with Crippen LogP contribution in [-0.4, -0.2) is 67.1 Å². The third-order valence-corrected chi connectivity index (χ3v) is 6.83. The van der Waals surface area contributed by atoms with Gasteiger partial charge in [-0.05, 0) is 63.5 Å². The van der Waals surface area contributed by atoms with E-state index in [1.165, 1.54) is 50.4 Å². The third-order valence-electron chi connectivity index (χ3n) is 5.65. The van der Waals surface area contributed by atoms with E-state index in [1.54, 1.807) is 0 Å². The van der Waals surface area contributed by atoms with Gasteiger partial charge in [-0.1, -0.05) is 13.8 Å². The first-order valence-corrected chi connectivity index (χ1v) is 9.24. The van der Waals surface area contributed by atoms with Crippen molar-refractivity contribution >= 4 is 11.8 Å². The minimum atomic E-state index is 0.221. The number of likely N-dealkylation sites (tertiary alicyclic amines) is 1. The number of hydrogen-bond acceptors (Lipinski definition) is 4. The smallest absolute Gasteiger partial charge is 0.0472 e. The maximum atomic E-state index is 6.30. The molecule has 1 unspecified atom stereocenters. The lowest BCUT2D eigenvalue weighted by Gasteiger charge is -2.57. The summed E-state index contributed by atoms with van der Waals surface area (Å²) in [6, 6.07) is 0. The largest absolute Gasteiger partial charge is 0.329 e. The first kappa shape index (κ1) is 16.6. The minimum Gasteiger partial charge on any atom is -0.329 e. The summed E-state index contributed by atoms with van der Waals surface area (Å²) in [5.74, 6) is 3.39. The van der Waals surface area contributed by atoms with E-state index < -0.39 is 0 Å². The highest BCUT2D eigenvalue weighted by molar-refractivity contribution is 7.99. The lowest BCUT2D eigenvalue weighted by atomic mass is 9.69. The Kier molecular flexibility index (Phi) is 5.44. The first-order chi connectivity index (χ1) is 9.41. The van der Waals surface area contributed by atoms with Crippen molar-refractivity contribution in [3.63, 3.8) is 0 Å². The van der Waals surface area contributed by atoms with Crippen molar-refractivity contribution in [2.24, 2.45) is 17.1 Å². The van der Waals surface area contributed by atoms with Crippen molar-refractivity contribution in [1.82, 2.24) is 9.80 Å². The number of nitrogens with two attached hydrogens (primary N) is 1. The Morgan fingerprint density at radius 1 is 1.25 bits per heavy atom. The Balaban J connectivity index is 2.03. The molecule has 20 heavy (non-hydrogen) atoms. The molecular formula is C16H33N3S. The zero-order valence-electron chi connectivity index (χ0n) is 13.8. The van der Waals surface area contributed by atoms with E-state index in [4.69, 9.17) is 5.73 Å². The van der Waals surface area contributed by atoms with Crippen molar-refractivity contribution in [2.45, 2.75) is 38.6 Å². The highest BCUT2D eigenvalue weighted by Crippen LogP contribution is 2.46. The molecule has 2 heterocycles. The summed E-state index contributed by atoms with van der Waals surface area (Å²) in [6.45, 7) is 9.39. The fraction of sp³-hybridized carbons (Fsp3) is 1.00. The van der Waals surface area contributed by atoms with Crippen LogP contribution in [0.5, 0.6) is 0 Å². The molecule has 0 aromatic rings. The maximum Gasteiger partial charge on any atom is 0.0472 e. The fourth-order valence-electron chi connectivity index (χ4n) is 4.04. The molecule has 2 saturated heterocycles. The van der Waals surface area contributed by atoms with E-state index in [1.807, 2.05) is 0 Å². The molecule has 2 aliphatic rings. The maximum absolute atomic E-state index is 6.30. The second kappa shape index (κ2) is 6.55. The van der Waals surface area contributed by atoms with Crippen LogP contribution < -0.4 is 5.73 Å². The molecular weight excluding hydrogens is 266 g/mol. The number of rotatable bonds is 4. The van der Waals surface area contributed by atoms with Gasteiger partial charge in [0.25, 0.3) is 0 Å².